The molecule has 0 amide bonds. The Balaban J connectivity index is 2.01. The molecular weight excluding hydrogens is 320 g/mol. The third kappa shape index (κ3) is 4.29. The fourth-order valence-electron chi connectivity index (χ4n) is 2.07. The average Bonchev–Trinajstić information content (AvgIpc) is 2.38. The maximum Gasteiger partial charge on any atom is 0.246 e. The number of rotatable bonds is 5. The van der Waals surface area contributed by atoms with E-state index in [1.807, 2.05) is 11.8 Å². The molecule has 1 fully saturated rings. The molecule has 118 valence electrons. The molecule has 0 radical (unpaired) electrons. The van der Waals surface area contributed by atoms with E-state index in [1.54, 1.807) is 0 Å². The predicted molar refractivity (Wildman–Crippen MR) is 79.7 cm³/mol. The number of sulfonamides is 1. The lowest BCUT2D eigenvalue weighted by Crippen LogP contribution is -2.39. The molecule has 1 aliphatic heterocycles. The molecule has 21 heavy (non-hydrogen) atoms. The maximum atomic E-state index is 13.6. The molecular formula is C12H17F2N3O2S2. The summed E-state index contributed by atoms with van der Waals surface area (Å²) < 4.78 is 53.4. The smallest absolute Gasteiger partial charge is 0.246 e. The Bertz CT molecular complexity index is 582. The number of benzene rings is 1. The van der Waals surface area contributed by atoms with Gasteiger partial charge >= 0.3 is 0 Å². The molecule has 0 bridgehead atoms. The van der Waals surface area contributed by atoms with E-state index in [4.69, 9.17) is 5.73 Å². The minimum atomic E-state index is -4.23. The van der Waals surface area contributed by atoms with Crippen molar-refractivity contribution in [2.24, 2.45) is 0 Å². The van der Waals surface area contributed by atoms with Crippen molar-refractivity contribution < 1.29 is 17.2 Å². The van der Waals surface area contributed by atoms with Crippen molar-refractivity contribution in [3.05, 3.63) is 23.8 Å². The molecule has 1 aromatic rings. The molecule has 5 nitrogen and oxygen atoms in total. The van der Waals surface area contributed by atoms with Crippen LogP contribution in [0.1, 0.15) is 0 Å². The number of thioether (sulfide) groups is 1. The summed E-state index contributed by atoms with van der Waals surface area (Å²) in [6.07, 6.45) is 0. The van der Waals surface area contributed by atoms with Crippen LogP contribution in [-0.2, 0) is 10.0 Å². The largest absolute Gasteiger partial charge is 0.399 e. The first-order chi connectivity index (χ1) is 9.90. The first-order valence-electron chi connectivity index (χ1n) is 6.44. The average molecular weight is 337 g/mol. The van der Waals surface area contributed by atoms with Crippen LogP contribution in [0.3, 0.4) is 0 Å². The first kappa shape index (κ1) is 16.5. The van der Waals surface area contributed by atoms with Crippen LogP contribution in [-0.4, -0.2) is 51.0 Å². The molecule has 0 spiro atoms. The van der Waals surface area contributed by atoms with Gasteiger partial charge in [0.25, 0.3) is 0 Å². The summed E-state index contributed by atoms with van der Waals surface area (Å²) in [5, 5.41) is 0. The Kier molecular flexibility index (Phi) is 5.42. The molecule has 1 aliphatic rings. The summed E-state index contributed by atoms with van der Waals surface area (Å²) >= 11 is 1.85. The highest BCUT2D eigenvalue weighted by molar-refractivity contribution is 7.99. The van der Waals surface area contributed by atoms with Crippen molar-refractivity contribution >= 4 is 27.5 Å². The summed E-state index contributed by atoms with van der Waals surface area (Å²) in [6, 6.07) is 1.58. The third-order valence-electron chi connectivity index (χ3n) is 3.11. The summed E-state index contributed by atoms with van der Waals surface area (Å²) in [7, 11) is -4.23. The van der Waals surface area contributed by atoms with Gasteiger partial charge in [-0.25, -0.2) is 21.9 Å². The maximum absolute atomic E-state index is 13.6. The minimum absolute atomic E-state index is 0.107. The van der Waals surface area contributed by atoms with Crippen LogP contribution in [0.2, 0.25) is 0 Å². The topological polar surface area (TPSA) is 75.4 Å². The molecule has 3 N–H and O–H groups in total. The molecule has 0 unspecified atom stereocenters. The summed E-state index contributed by atoms with van der Waals surface area (Å²) in [6.45, 7) is 2.39. The van der Waals surface area contributed by atoms with Gasteiger partial charge in [-0.15, -0.1) is 0 Å². The number of hydrogen-bond acceptors (Lipinski definition) is 5. The van der Waals surface area contributed by atoms with Crippen molar-refractivity contribution in [3.8, 4) is 0 Å². The molecule has 0 aromatic heterocycles. The molecule has 1 heterocycles. The number of hydrogen-bond donors (Lipinski definition) is 2. The predicted octanol–water partition coefficient (Wildman–Crippen LogP) is 0.874. The zero-order chi connectivity index (χ0) is 15.5. The van der Waals surface area contributed by atoms with E-state index in [9.17, 15) is 17.2 Å². The second-order valence-electron chi connectivity index (χ2n) is 4.67. The van der Waals surface area contributed by atoms with Gasteiger partial charge in [-0.1, -0.05) is 0 Å². The van der Waals surface area contributed by atoms with E-state index in [1.165, 1.54) is 0 Å². The second-order valence-corrected chi connectivity index (χ2v) is 7.59. The summed E-state index contributed by atoms with van der Waals surface area (Å²) in [5.41, 5.74) is 5.11. The Labute approximate surface area is 126 Å². The molecule has 2 rings (SSSR count). The molecule has 1 saturated heterocycles. The number of anilines is 1. The lowest BCUT2D eigenvalue weighted by atomic mass is 10.3. The first-order valence-corrected chi connectivity index (χ1v) is 9.08. The van der Waals surface area contributed by atoms with Crippen molar-refractivity contribution in [2.75, 3.05) is 43.4 Å². The standard InChI is InChI=1S/C12H17F2N3O2S2/c13-10-7-9(15)8-11(14)12(10)21(18,19)16-1-2-17-3-5-20-6-4-17/h7-8,16H,1-6,15H2. The molecule has 0 aliphatic carbocycles. The fraction of sp³-hybridized carbons (Fsp3) is 0.500. The highest BCUT2D eigenvalue weighted by Gasteiger charge is 2.24. The summed E-state index contributed by atoms with van der Waals surface area (Å²) in [5.74, 6) is -0.356. The van der Waals surface area contributed by atoms with Crippen LogP contribution < -0.4 is 10.5 Å². The zero-order valence-electron chi connectivity index (χ0n) is 11.3. The van der Waals surface area contributed by atoms with Gasteiger partial charge in [0.15, 0.2) is 4.90 Å². The lowest BCUT2D eigenvalue weighted by Gasteiger charge is -2.26. The Morgan fingerprint density at radius 3 is 2.38 bits per heavy atom. The van der Waals surface area contributed by atoms with Crippen molar-refractivity contribution in [1.29, 1.82) is 0 Å². The number of nitrogen functional groups attached to an aromatic ring is 1. The molecule has 0 saturated carbocycles. The van der Waals surface area contributed by atoms with Gasteiger partial charge in [0.05, 0.1) is 0 Å². The van der Waals surface area contributed by atoms with E-state index >= 15 is 0 Å². The number of nitrogens with one attached hydrogen (secondary N) is 1. The van der Waals surface area contributed by atoms with Crippen molar-refractivity contribution in [3.63, 3.8) is 0 Å². The summed E-state index contributed by atoms with van der Waals surface area (Å²) in [4.78, 5) is 1.13. The molecule has 1 aromatic carbocycles. The van der Waals surface area contributed by atoms with Gasteiger partial charge in [0.2, 0.25) is 10.0 Å². The molecule has 0 atom stereocenters. The van der Waals surface area contributed by atoms with Crippen LogP contribution >= 0.6 is 11.8 Å². The second kappa shape index (κ2) is 6.91. The van der Waals surface area contributed by atoms with E-state index in [-0.39, 0.29) is 12.2 Å². The van der Waals surface area contributed by atoms with Gasteiger partial charge < -0.3 is 10.6 Å². The normalized spacial score (nSPS) is 17.0. The van der Waals surface area contributed by atoms with Crippen molar-refractivity contribution in [1.82, 2.24) is 9.62 Å². The minimum Gasteiger partial charge on any atom is -0.399 e. The van der Waals surface area contributed by atoms with Crippen LogP contribution in [0, 0.1) is 11.6 Å². The van der Waals surface area contributed by atoms with Crippen LogP contribution in [0.25, 0.3) is 0 Å². The van der Waals surface area contributed by atoms with Crippen LogP contribution in [0.15, 0.2) is 17.0 Å². The Hall–Kier alpha value is -0.900. The van der Waals surface area contributed by atoms with Gasteiger partial charge in [0.1, 0.15) is 11.6 Å². The Morgan fingerprint density at radius 2 is 1.81 bits per heavy atom. The van der Waals surface area contributed by atoms with Gasteiger partial charge in [0, 0.05) is 43.4 Å². The zero-order valence-corrected chi connectivity index (χ0v) is 12.9. The van der Waals surface area contributed by atoms with Crippen LogP contribution in [0.5, 0.6) is 0 Å². The van der Waals surface area contributed by atoms with Crippen LogP contribution in [0.4, 0.5) is 14.5 Å². The number of nitrogens with two attached hydrogens (primary N) is 1. The fourth-order valence-corrected chi connectivity index (χ4v) is 4.19. The van der Waals surface area contributed by atoms with Gasteiger partial charge in [-0.3, -0.25) is 0 Å². The number of halogens is 2. The lowest BCUT2D eigenvalue weighted by molar-refractivity contribution is 0.307. The van der Waals surface area contributed by atoms with Crippen molar-refractivity contribution in [2.45, 2.75) is 4.90 Å². The number of nitrogens with zero attached hydrogens (tertiary/aromatic N) is 1. The third-order valence-corrected chi connectivity index (χ3v) is 5.57. The quantitative estimate of drug-likeness (QED) is 0.780. The van der Waals surface area contributed by atoms with E-state index in [2.05, 4.69) is 9.62 Å². The van der Waals surface area contributed by atoms with Gasteiger partial charge in [-0.2, -0.15) is 11.8 Å². The monoisotopic (exact) mass is 337 g/mol. The highest BCUT2D eigenvalue weighted by atomic mass is 32.2. The van der Waals surface area contributed by atoms with Gasteiger partial charge in [-0.05, 0) is 12.1 Å². The SMILES string of the molecule is Nc1cc(F)c(S(=O)(=O)NCCN2CCSCC2)c(F)c1. The van der Waals surface area contributed by atoms with E-state index in [0.29, 0.717) is 6.54 Å². The van der Waals surface area contributed by atoms with E-state index < -0.39 is 26.6 Å². The Morgan fingerprint density at radius 1 is 1.24 bits per heavy atom. The molecule has 9 heteroatoms. The van der Waals surface area contributed by atoms with E-state index in [0.717, 1.165) is 36.7 Å². The highest BCUT2D eigenvalue weighted by Crippen LogP contribution is 2.21.